The van der Waals surface area contributed by atoms with E-state index in [1.807, 2.05) is 6.08 Å². The molecule has 0 spiro atoms. The highest BCUT2D eigenvalue weighted by Crippen LogP contribution is 2.22. The fourth-order valence-corrected chi connectivity index (χ4v) is 2.39. The maximum absolute atomic E-state index is 13.5. The molecule has 2 rings (SSSR count). The van der Waals surface area contributed by atoms with Crippen LogP contribution in [0.1, 0.15) is 25.8 Å². The van der Waals surface area contributed by atoms with Gasteiger partial charge in [-0.05, 0) is 30.4 Å². The van der Waals surface area contributed by atoms with E-state index < -0.39 is 11.6 Å². The highest BCUT2D eigenvalue weighted by Gasteiger charge is 2.22. The third-order valence-electron chi connectivity index (χ3n) is 3.78. The van der Waals surface area contributed by atoms with Crippen molar-refractivity contribution in [3.05, 3.63) is 47.7 Å². The van der Waals surface area contributed by atoms with Crippen LogP contribution in [0.25, 0.3) is 0 Å². The van der Waals surface area contributed by atoms with Crippen LogP contribution in [0.2, 0.25) is 0 Å². The van der Waals surface area contributed by atoms with Crippen molar-refractivity contribution in [2.45, 2.75) is 26.7 Å². The van der Waals surface area contributed by atoms with E-state index in [1.165, 1.54) is 18.2 Å². The van der Waals surface area contributed by atoms with Gasteiger partial charge in [-0.3, -0.25) is 4.79 Å². The number of amides is 1. The van der Waals surface area contributed by atoms with Crippen molar-refractivity contribution in [1.82, 2.24) is 4.90 Å². The molecule has 1 aromatic carbocycles. The van der Waals surface area contributed by atoms with Crippen LogP contribution in [-0.4, -0.2) is 17.4 Å². The van der Waals surface area contributed by atoms with E-state index in [4.69, 9.17) is 0 Å². The first-order chi connectivity index (χ1) is 9.49. The maximum Gasteiger partial charge on any atom is 0.231 e. The van der Waals surface area contributed by atoms with Crippen molar-refractivity contribution < 1.29 is 13.6 Å². The molecule has 0 saturated heterocycles. The molecule has 1 amide bonds. The van der Waals surface area contributed by atoms with Gasteiger partial charge < -0.3 is 4.90 Å². The highest BCUT2D eigenvalue weighted by atomic mass is 19.1. The van der Waals surface area contributed by atoms with Crippen LogP contribution in [0, 0.1) is 23.5 Å². The number of carbonyl (C=O) groups is 1. The van der Waals surface area contributed by atoms with Gasteiger partial charge in [-0.2, -0.15) is 0 Å². The van der Waals surface area contributed by atoms with Gasteiger partial charge in [0, 0.05) is 18.3 Å². The molecule has 1 atom stereocenters. The Labute approximate surface area is 118 Å². The number of rotatable bonds is 3. The average molecular weight is 279 g/mol. The van der Waals surface area contributed by atoms with Crippen LogP contribution in [0.15, 0.2) is 30.5 Å². The molecule has 0 radical (unpaired) electrons. The monoisotopic (exact) mass is 279 g/mol. The fraction of sp³-hybridized carbons (Fsp3) is 0.438. The van der Waals surface area contributed by atoms with Crippen molar-refractivity contribution in [3.63, 3.8) is 0 Å². The lowest BCUT2D eigenvalue weighted by Crippen LogP contribution is -2.33. The van der Waals surface area contributed by atoms with Crippen LogP contribution in [-0.2, 0) is 11.2 Å². The summed E-state index contributed by atoms with van der Waals surface area (Å²) in [5.41, 5.74) is -0.156. The standard InChI is InChI=1S/C16H19F2NO/c1-11(2)12-6-8-19(9-7-12)16(20)10-13-14(17)4-3-5-15(13)18/h3-6,8,11-12H,7,9-10H2,1-2H3. The zero-order chi connectivity index (χ0) is 14.7. The van der Waals surface area contributed by atoms with Crippen molar-refractivity contribution in [3.8, 4) is 0 Å². The Hall–Kier alpha value is -1.71. The zero-order valence-electron chi connectivity index (χ0n) is 11.8. The molecule has 1 aliphatic rings. The molecule has 0 saturated carbocycles. The van der Waals surface area contributed by atoms with Gasteiger partial charge in [0.1, 0.15) is 11.6 Å². The summed E-state index contributed by atoms with van der Waals surface area (Å²) in [6, 6.07) is 3.64. The second-order valence-corrected chi connectivity index (χ2v) is 5.50. The Balaban J connectivity index is 2.05. The third-order valence-corrected chi connectivity index (χ3v) is 3.78. The second kappa shape index (κ2) is 6.16. The highest BCUT2D eigenvalue weighted by molar-refractivity contribution is 5.80. The topological polar surface area (TPSA) is 20.3 Å². The first kappa shape index (κ1) is 14.7. The molecule has 108 valence electrons. The smallest absolute Gasteiger partial charge is 0.231 e. The minimum Gasteiger partial charge on any atom is -0.319 e. The van der Waals surface area contributed by atoms with Gasteiger partial charge in [0.15, 0.2) is 0 Å². The van der Waals surface area contributed by atoms with E-state index in [0.29, 0.717) is 18.4 Å². The number of hydrogen-bond donors (Lipinski definition) is 0. The van der Waals surface area contributed by atoms with E-state index in [1.54, 1.807) is 11.1 Å². The molecule has 0 aliphatic carbocycles. The summed E-state index contributed by atoms with van der Waals surface area (Å²) in [6.45, 7) is 4.89. The number of halogens is 2. The van der Waals surface area contributed by atoms with Crippen molar-refractivity contribution in [2.24, 2.45) is 11.8 Å². The quantitative estimate of drug-likeness (QED) is 0.829. The summed E-state index contributed by atoms with van der Waals surface area (Å²) in [5, 5.41) is 0. The number of allylic oxidation sites excluding steroid dienone is 1. The normalized spacial score (nSPS) is 18.6. The first-order valence-electron chi connectivity index (χ1n) is 6.89. The van der Waals surface area contributed by atoms with E-state index >= 15 is 0 Å². The number of nitrogens with zero attached hydrogens (tertiary/aromatic N) is 1. The van der Waals surface area contributed by atoms with Gasteiger partial charge in [-0.25, -0.2) is 8.78 Å². The second-order valence-electron chi connectivity index (χ2n) is 5.50. The molecule has 1 heterocycles. The van der Waals surface area contributed by atoms with Crippen LogP contribution < -0.4 is 0 Å². The molecule has 1 aromatic rings. The SMILES string of the molecule is CC(C)C1C=CN(C(=O)Cc2c(F)cccc2F)CC1. The van der Waals surface area contributed by atoms with Crippen molar-refractivity contribution in [2.75, 3.05) is 6.54 Å². The molecule has 20 heavy (non-hydrogen) atoms. The Morgan fingerprint density at radius 2 is 2.00 bits per heavy atom. The number of carbonyl (C=O) groups excluding carboxylic acids is 1. The van der Waals surface area contributed by atoms with Crippen LogP contribution >= 0.6 is 0 Å². The lowest BCUT2D eigenvalue weighted by molar-refractivity contribution is -0.128. The van der Waals surface area contributed by atoms with Crippen LogP contribution in [0.5, 0.6) is 0 Å². The molecule has 0 N–H and O–H groups in total. The minimum atomic E-state index is -0.667. The Kier molecular flexibility index (Phi) is 4.53. The largest absolute Gasteiger partial charge is 0.319 e. The molecule has 0 fully saturated rings. The molecule has 1 aliphatic heterocycles. The van der Waals surface area contributed by atoms with Gasteiger partial charge in [0.2, 0.25) is 5.91 Å². The molecular weight excluding hydrogens is 260 g/mol. The van der Waals surface area contributed by atoms with Gasteiger partial charge in [0.05, 0.1) is 6.42 Å². The van der Waals surface area contributed by atoms with Crippen molar-refractivity contribution >= 4 is 5.91 Å². The van der Waals surface area contributed by atoms with Gasteiger partial charge >= 0.3 is 0 Å². The summed E-state index contributed by atoms with van der Waals surface area (Å²) in [7, 11) is 0. The molecule has 2 nitrogen and oxygen atoms in total. The predicted octanol–water partition coefficient (Wildman–Crippen LogP) is 3.53. The molecule has 0 aromatic heterocycles. The summed E-state index contributed by atoms with van der Waals surface area (Å²) in [4.78, 5) is 13.6. The van der Waals surface area contributed by atoms with E-state index in [0.717, 1.165) is 6.42 Å². The molecular formula is C16H19F2NO. The Bertz CT molecular complexity index is 505. The van der Waals surface area contributed by atoms with E-state index in [9.17, 15) is 13.6 Å². The van der Waals surface area contributed by atoms with E-state index in [-0.39, 0.29) is 17.9 Å². The van der Waals surface area contributed by atoms with Crippen LogP contribution in [0.3, 0.4) is 0 Å². The van der Waals surface area contributed by atoms with E-state index in [2.05, 4.69) is 13.8 Å². The molecule has 4 heteroatoms. The Morgan fingerprint density at radius 1 is 1.35 bits per heavy atom. The van der Waals surface area contributed by atoms with Gasteiger partial charge in [-0.1, -0.05) is 26.0 Å². The summed E-state index contributed by atoms with van der Waals surface area (Å²) < 4.78 is 27.0. The molecule has 0 bridgehead atoms. The Morgan fingerprint density at radius 3 is 2.50 bits per heavy atom. The first-order valence-corrected chi connectivity index (χ1v) is 6.89. The summed E-state index contributed by atoms with van der Waals surface area (Å²) >= 11 is 0. The average Bonchev–Trinajstić information content (AvgIpc) is 2.43. The van der Waals surface area contributed by atoms with Crippen LogP contribution in [0.4, 0.5) is 8.78 Å². The lowest BCUT2D eigenvalue weighted by atomic mass is 9.90. The molecule has 1 unspecified atom stereocenters. The predicted molar refractivity (Wildman–Crippen MR) is 73.9 cm³/mol. The van der Waals surface area contributed by atoms with Gasteiger partial charge in [-0.15, -0.1) is 0 Å². The number of benzene rings is 1. The lowest BCUT2D eigenvalue weighted by Gasteiger charge is -2.28. The summed E-state index contributed by atoms with van der Waals surface area (Å²) in [6.07, 6.45) is 4.40. The minimum absolute atomic E-state index is 0.156. The fourth-order valence-electron chi connectivity index (χ4n) is 2.39. The zero-order valence-corrected chi connectivity index (χ0v) is 11.8. The van der Waals surface area contributed by atoms with Gasteiger partial charge in [0.25, 0.3) is 0 Å². The third kappa shape index (κ3) is 3.24. The number of hydrogen-bond acceptors (Lipinski definition) is 1. The van der Waals surface area contributed by atoms with Crippen molar-refractivity contribution in [1.29, 1.82) is 0 Å². The summed E-state index contributed by atoms with van der Waals surface area (Å²) in [5.74, 6) is -0.608. The maximum atomic E-state index is 13.5.